The van der Waals surface area contributed by atoms with Crippen LogP contribution in [0, 0.1) is 0 Å². The van der Waals surface area contributed by atoms with Crippen LogP contribution in [0.2, 0.25) is 0 Å². The van der Waals surface area contributed by atoms with Crippen LogP contribution >= 0.6 is 0 Å². The van der Waals surface area contributed by atoms with Crippen LogP contribution in [0.5, 0.6) is 0 Å². The molecule has 0 bridgehead atoms. The molecule has 4 nitrogen and oxygen atoms in total. The van der Waals surface area contributed by atoms with E-state index in [9.17, 15) is 4.79 Å². The molecule has 86 valence electrons. The largest absolute Gasteiger partial charge is 0.504 e. The number of alkyl carbamates (subject to hydrolysis) is 1. The molecule has 15 heavy (non-hydrogen) atoms. The number of hydrogen-bond donors (Lipinski definition) is 1. The fourth-order valence-electron chi connectivity index (χ4n) is 1.41. The molecule has 0 radical (unpaired) electrons. The number of nitrogens with one attached hydrogen (secondary N) is 1. The lowest BCUT2D eigenvalue weighted by atomic mass is 9.87. The van der Waals surface area contributed by atoms with E-state index in [-0.39, 0.29) is 12.1 Å². The van der Waals surface area contributed by atoms with Gasteiger partial charge in [-0.2, -0.15) is 0 Å². The van der Waals surface area contributed by atoms with E-state index in [1.807, 2.05) is 20.8 Å². The summed E-state index contributed by atoms with van der Waals surface area (Å²) < 4.78 is 10.0. The van der Waals surface area contributed by atoms with Crippen molar-refractivity contribution in [2.45, 2.75) is 45.3 Å². The van der Waals surface area contributed by atoms with Crippen LogP contribution < -0.4 is 5.32 Å². The molecule has 0 aliphatic heterocycles. The van der Waals surface area contributed by atoms with Crippen molar-refractivity contribution in [3.63, 3.8) is 0 Å². The highest BCUT2D eigenvalue weighted by Gasteiger charge is 2.27. The first kappa shape index (κ1) is 11.9. The van der Waals surface area contributed by atoms with Crippen LogP contribution in [0.25, 0.3) is 0 Å². The Morgan fingerprint density at radius 3 is 2.53 bits per heavy atom. The quantitative estimate of drug-likeness (QED) is 0.715. The predicted octanol–water partition coefficient (Wildman–Crippen LogP) is 2.20. The number of carbonyl (C=O) groups excluding carboxylic acids is 1. The fourth-order valence-corrected chi connectivity index (χ4v) is 1.41. The molecule has 1 aliphatic carbocycles. The second kappa shape index (κ2) is 4.55. The molecule has 0 heterocycles. The van der Waals surface area contributed by atoms with Crippen LogP contribution in [-0.4, -0.2) is 24.8 Å². The summed E-state index contributed by atoms with van der Waals surface area (Å²) in [5.74, 6) is 0. The van der Waals surface area contributed by atoms with Crippen LogP contribution in [0.4, 0.5) is 4.79 Å². The van der Waals surface area contributed by atoms with E-state index in [0.29, 0.717) is 0 Å². The molecule has 0 aromatic carbocycles. The zero-order valence-electron chi connectivity index (χ0n) is 9.79. The van der Waals surface area contributed by atoms with Crippen molar-refractivity contribution in [1.29, 1.82) is 0 Å². The van der Waals surface area contributed by atoms with Crippen LogP contribution in [-0.2, 0) is 9.47 Å². The fraction of sp³-hybridized carbons (Fsp3) is 0.727. The number of methoxy groups -OCH3 is 1. The molecule has 0 aromatic rings. The number of ether oxygens (including phenoxy) is 2. The molecule has 1 amide bonds. The molecule has 1 saturated carbocycles. The lowest BCUT2D eigenvalue weighted by Gasteiger charge is -2.30. The minimum Gasteiger partial charge on any atom is -0.504 e. The molecular formula is C11H19NO3. The second-order valence-electron chi connectivity index (χ2n) is 4.76. The number of amides is 1. The van der Waals surface area contributed by atoms with Gasteiger partial charge in [0.25, 0.3) is 0 Å². The van der Waals surface area contributed by atoms with Crippen molar-refractivity contribution >= 4 is 6.09 Å². The van der Waals surface area contributed by atoms with Crippen molar-refractivity contribution in [2.75, 3.05) is 7.11 Å². The Morgan fingerprint density at radius 1 is 1.47 bits per heavy atom. The topological polar surface area (TPSA) is 47.6 Å². The summed E-state index contributed by atoms with van der Waals surface area (Å²) in [6, 6.07) is 0.196. The third-order valence-corrected chi connectivity index (χ3v) is 2.02. The first-order valence-electron chi connectivity index (χ1n) is 5.11. The average molecular weight is 213 g/mol. The summed E-state index contributed by atoms with van der Waals surface area (Å²) in [4.78, 5) is 11.3. The standard InChI is InChI=1S/C11H19NO3/c1-11(2,3)15-10(13)12-9-5-8(6-9)7-14-4/h7,9H,5-6H2,1-4H3,(H,12,13). The highest BCUT2D eigenvalue weighted by Crippen LogP contribution is 2.26. The first-order valence-corrected chi connectivity index (χ1v) is 5.11. The summed E-state index contributed by atoms with van der Waals surface area (Å²) in [6.45, 7) is 5.55. The lowest BCUT2D eigenvalue weighted by molar-refractivity contribution is 0.0493. The van der Waals surface area contributed by atoms with E-state index >= 15 is 0 Å². The molecule has 1 N–H and O–H groups in total. The van der Waals surface area contributed by atoms with E-state index in [1.54, 1.807) is 13.4 Å². The molecule has 1 rings (SSSR count). The van der Waals surface area contributed by atoms with Crippen LogP contribution in [0.1, 0.15) is 33.6 Å². The Morgan fingerprint density at radius 2 is 2.07 bits per heavy atom. The minimum atomic E-state index is -0.432. The SMILES string of the molecule is COC=C1CC(NC(=O)OC(C)(C)C)C1. The molecule has 0 spiro atoms. The zero-order valence-corrected chi connectivity index (χ0v) is 9.79. The van der Waals surface area contributed by atoms with Crippen molar-refractivity contribution in [1.82, 2.24) is 5.32 Å². The van der Waals surface area contributed by atoms with Crippen molar-refractivity contribution < 1.29 is 14.3 Å². The first-order chi connectivity index (χ1) is 6.90. The molecule has 1 aliphatic rings. The van der Waals surface area contributed by atoms with Gasteiger partial charge in [-0.05, 0) is 39.2 Å². The third kappa shape index (κ3) is 4.23. The maximum atomic E-state index is 11.3. The average Bonchev–Trinajstić information content (AvgIpc) is 1.97. The van der Waals surface area contributed by atoms with Crippen molar-refractivity contribution in [3.05, 3.63) is 11.8 Å². The maximum Gasteiger partial charge on any atom is 0.407 e. The van der Waals surface area contributed by atoms with Gasteiger partial charge in [-0.3, -0.25) is 0 Å². The van der Waals surface area contributed by atoms with Crippen LogP contribution in [0.3, 0.4) is 0 Å². The van der Waals surface area contributed by atoms with E-state index in [4.69, 9.17) is 9.47 Å². The number of carbonyl (C=O) groups is 1. The Labute approximate surface area is 90.6 Å². The smallest absolute Gasteiger partial charge is 0.407 e. The lowest BCUT2D eigenvalue weighted by Crippen LogP contribution is -2.43. The molecule has 1 fully saturated rings. The van der Waals surface area contributed by atoms with Crippen molar-refractivity contribution in [3.8, 4) is 0 Å². The highest BCUT2D eigenvalue weighted by molar-refractivity contribution is 5.68. The Hall–Kier alpha value is -1.19. The number of rotatable bonds is 2. The van der Waals surface area contributed by atoms with Gasteiger partial charge in [0.15, 0.2) is 0 Å². The third-order valence-electron chi connectivity index (χ3n) is 2.02. The molecule has 4 heteroatoms. The summed E-state index contributed by atoms with van der Waals surface area (Å²) in [5, 5.41) is 2.80. The van der Waals surface area contributed by atoms with Crippen molar-refractivity contribution in [2.24, 2.45) is 0 Å². The van der Waals surface area contributed by atoms with E-state index in [2.05, 4.69) is 5.32 Å². The van der Waals surface area contributed by atoms with Gasteiger partial charge in [0, 0.05) is 6.04 Å². The van der Waals surface area contributed by atoms with E-state index < -0.39 is 5.60 Å². The van der Waals surface area contributed by atoms with Crippen LogP contribution in [0.15, 0.2) is 11.8 Å². The Kier molecular flexibility index (Phi) is 3.61. The summed E-state index contributed by atoms with van der Waals surface area (Å²) in [6.07, 6.45) is 3.09. The Bertz CT molecular complexity index is 257. The van der Waals surface area contributed by atoms with Gasteiger partial charge in [-0.15, -0.1) is 0 Å². The maximum absolute atomic E-state index is 11.3. The summed E-state index contributed by atoms with van der Waals surface area (Å²) in [5.41, 5.74) is 0.789. The van der Waals surface area contributed by atoms with Gasteiger partial charge in [0.2, 0.25) is 0 Å². The summed E-state index contributed by atoms with van der Waals surface area (Å²) >= 11 is 0. The molecule has 0 aromatic heterocycles. The molecule has 0 atom stereocenters. The van der Waals surface area contributed by atoms with Gasteiger partial charge < -0.3 is 14.8 Å². The monoisotopic (exact) mass is 213 g/mol. The Balaban J connectivity index is 2.22. The summed E-state index contributed by atoms with van der Waals surface area (Å²) in [7, 11) is 1.63. The predicted molar refractivity (Wildman–Crippen MR) is 57.5 cm³/mol. The molecule has 0 unspecified atom stereocenters. The zero-order chi connectivity index (χ0) is 11.5. The van der Waals surface area contributed by atoms with Gasteiger partial charge in [-0.25, -0.2) is 4.79 Å². The highest BCUT2D eigenvalue weighted by atomic mass is 16.6. The number of hydrogen-bond acceptors (Lipinski definition) is 3. The van der Waals surface area contributed by atoms with Gasteiger partial charge in [0.1, 0.15) is 5.60 Å². The van der Waals surface area contributed by atoms with E-state index in [0.717, 1.165) is 12.8 Å². The van der Waals surface area contributed by atoms with E-state index in [1.165, 1.54) is 5.57 Å². The normalized spacial score (nSPS) is 20.3. The minimum absolute atomic E-state index is 0.196. The van der Waals surface area contributed by atoms with Gasteiger partial charge >= 0.3 is 6.09 Å². The second-order valence-corrected chi connectivity index (χ2v) is 4.76. The van der Waals surface area contributed by atoms with Gasteiger partial charge in [0.05, 0.1) is 13.4 Å². The molecular weight excluding hydrogens is 194 g/mol. The molecule has 0 saturated heterocycles. The van der Waals surface area contributed by atoms with Gasteiger partial charge in [-0.1, -0.05) is 0 Å².